The highest BCUT2D eigenvalue weighted by molar-refractivity contribution is 7.10. The van der Waals surface area contributed by atoms with Gasteiger partial charge in [-0.3, -0.25) is 14.5 Å². The fourth-order valence-electron chi connectivity index (χ4n) is 4.60. The van der Waals surface area contributed by atoms with E-state index in [4.69, 9.17) is 25.5 Å². The third kappa shape index (κ3) is 4.43. The molecule has 0 saturated carbocycles. The Morgan fingerprint density at radius 2 is 1.74 bits per heavy atom. The van der Waals surface area contributed by atoms with Gasteiger partial charge in [0, 0.05) is 27.0 Å². The lowest BCUT2D eigenvalue weighted by Crippen LogP contribution is -2.30. The first-order valence-corrected chi connectivity index (χ1v) is 13.1. The molecule has 2 aromatic heterocycles. The molecule has 1 N–H and O–H groups in total. The minimum Gasteiger partial charge on any atom is -0.503 e. The van der Waals surface area contributed by atoms with Gasteiger partial charge in [0.2, 0.25) is 5.78 Å². The smallest absolute Gasteiger partial charge is 0.294 e. The molecule has 5 aromatic rings. The van der Waals surface area contributed by atoms with Crippen LogP contribution in [0.25, 0.3) is 11.0 Å². The Morgan fingerprint density at radius 3 is 2.44 bits per heavy atom. The number of aliphatic hydroxyl groups excluding tert-OH is 1. The molecule has 7 nitrogen and oxygen atoms in total. The van der Waals surface area contributed by atoms with Crippen molar-refractivity contribution in [3.8, 4) is 17.2 Å². The first-order valence-electron chi connectivity index (χ1n) is 11.9. The Bertz CT molecular complexity index is 1720. The van der Waals surface area contributed by atoms with Gasteiger partial charge >= 0.3 is 0 Å². The number of ether oxygens (including phenoxy) is 2. The average Bonchev–Trinajstić information content (AvgIpc) is 3.68. The average molecular weight is 558 g/mol. The second kappa shape index (κ2) is 9.98. The van der Waals surface area contributed by atoms with Crippen molar-refractivity contribution < 1.29 is 28.6 Å². The van der Waals surface area contributed by atoms with Gasteiger partial charge in [-0.05, 0) is 60.0 Å². The molecule has 1 aliphatic rings. The van der Waals surface area contributed by atoms with E-state index in [1.165, 1.54) is 29.4 Å². The quantitative estimate of drug-likeness (QED) is 0.206. The largest absolute Gasteiger partial charge is 0.503 e. The van der Waals surface area contributed by atoms with Gasteiger partial charge in [-0.15, -0.1) is 11.3 Å². The molecule has 0 aliphatic carbocycles. The van der Waals surface area contributed by atoms with E-state index in [0.29, 0.717) is 43.8 Å². The van der Waals surface area contributed by atoms with Crippen molar-refractivity contribution in [2.75, 3.05) is 12.0 Å². The molecule has 1 atom stereocenters. The van der Waals surface area contributed by atoms with Gasteiger partial charge in [-0.2, -0.15) is 0 Å². The van der Waals surface area contributed by atoms with Crippen molar-refractivity contribution in [1.29, 1.82) is 0 Å². The van der Waals surface area contributed by atoms with E-state index in [1.807, 2.05) is 47.8 Å². The van der Waals surface area contributed by atoms with Gasteiger partial charge < -0.3 is 19.0 Å². The van der Waals surface area contributed by atoms with Crippen LogP contribution < -0.4 is 14.4 Å². The number of ketones is 1. The summed E-state index contributed by atoms with van der Waals surface area (Å²) in [5, 5.41) is 13.8. The molecule has 1 amide bonds. The molecular formula is C30H20ClNO6S. The highest BCUT2D eigenvalue weighted by atomic mass is 35.5. The second-order valence-electron chi connectivity index (χ2n) is 8.73. The van der Waals surface area contributed by atoms with Crippen molar-refractivity contribution in [2.24, 2.45) is 0 Å². The summed E-state index contributed by atoms with van der Waals surface area (Å²) in [6.45, 7) is 0. The molecular weight excluding hydrogens is 538 g/mol. The summed E-state index contributed by atoms with van der Waals surface area (Å²) >= 11 is 7.55. The topological polar surface area (TPSA) is 89.2 Å². The summed E-state index contributed by atoms with van der Waals surface area (Å²) in [4.78, 5) is 29.3. The van der Waals surface area contributed by atoms with Gasteiger partial charge in [-0.1, -0.05) is 35.9 Å². The number of furan rings is 1. The van der Waals surface area contributed by atoms with E-state index in [1.54, 1.807) is 36.4 Å². The third-order valence-corrected chi connectivity index (χ3v) is 7.49. The number of aliphatic hydroxyl groups is 1. The van der Waals surface area contributed by atoms with Crippen molar-refractivity contribution >= 4 is 51.3 Å². The molecule has 0 spiro atoms. The van der Waals surface area contributed by atoms with Crippen LogP contribution in [0.5, 0.6) is 17.2 Å². The van der Waals surface area contributed by atoms with Crippen LogP contribution in [0.15, 0.2) is 106 Å². The summed E-state index contributed by atoms with van der Waals surface area (Å²) in [6.07, 6.45) is 0. The summed E-state index contributed by atoms with van der Waals surface area (Å²) < 4.78 is 17.1. The normalized spacial score (nSPS) is 15.3. The highest BCUT2D eigenvalue weighted by Gasteiger charge is 2.46. The maximum atomic E-state index is 13.8. The number of fused-ring (bicyclic) bond motifs is 1. The molecule has 0 saturated heterocycles. The summed E-state index contributed by atoms with van der Waals surface area (Å²) in [5.74, 6) is -0.359. The molecule has 1 aliphatic heterocycles. The molecule has 0 fully saturated rings. The molecule has 194 valence electrons. The minimum atomic E-state index is -0.857. The number of Topliss-reactive ketones (excluding diaryl/α,β-unsaturated/α-hetero) is 1. The van der Waals surface area contributed by atoms with Crippen LogP contribution in [0.1, 0.15) is 21.5 Å². The number of para-hydroxylation sites is 1. The predicted octanol–water partition coefficient (Wildman–Crippen LogP) is 7.73. The van der Waals surface area contributed by atoms with Crippen LogP contribution in [0.2, 0.25) is 5.02 Å². The first kappa shape index (κ1) is 24.8. The number of thiophene rings is 1. The van der Waals surface area contributed by atoms with Crippen LogP contribution in [0, 0.1) is 0 Å². The number of hydrogen-bond acceptors (Lipinski definition) is 7. The van der Waals surface area contributed by atoms with E-state index in [0.717, 1.165) is 0 Å². The van der Waals surface area contributed by atoms with E-state index in [2.05, 4.69) is 0 Å². The minimum absolute atomic E-state index is 0.0464. The number of nitrogens with zero attached hydrogens (tertiary/aromatic N) is 1. The Kier molecular flexibility index (Phi) is 6.34. The molecule has 0 radical (unpaired) electrons. The maximum absolute atomic E-state index is 13.8. The van der Waals surface area contributed by atoms with E-state index in [9.17, 15) is 14.7 Å². The maximum Gasteiger partial charge on any atom is 0.294 e. The number of carbonyl (C=O) groups excluding carboxylic acids is 2. The van der Waals surface area contributed by atoms with Gasteiger partial charge in [0.15, 0.2) is 22.9 Å². The van der Waals surface area contributed by atoms with E-state index >= 15 is 0 Å². The van der Waals surface area contributed by atoms with Crippen molar-refractivity contribution in [3.05, 3.63) is 117 Å². The number of amides is 1. The lowest BCUT2D eigenvalue weighted by Gasteiger charge is -2.25. The SMILES string of the molecule is COc1cc(Cl)cc2cc(C(=O)C3=C(O)C(=O)N(c4ccc(Oc5ccccc5)cc4)C3c3cccs3)oc12. The zero-order chi connectivity index (χ0) is 27.1. The van der Waals surface area contributed by atoms with Crippen molar-refractivity contribution in [2.45, 2.75) is 6.04 Å². The van der Waals surface area contributed by atoms with Gasteiger partial charge in [-0.25, -0.2) is 0 Å². The van der Waals surface area contributed by atoms with Gasteiger partial charge in [0.1, 0.15) is 17.5 Å². The highest BCUT2D eigenvalue weighted by Crippen LogP contribution is 2.44. The van der Waals surface area contributed by atoms with Crippen LogP contribution >= 0.6 is 22.9 Å². The molecule has 9 heteroatoms. The fourth-order valence-corrected chi connectivity index (χ4v) is 5.64. The lowest BCUT2D eigenvalue weighted by atomic mass is 10.00. The fraction of sp³-hybridized carbons (Fsp3) is 0.0667. The number of rotatable bonds is 7. The zero-order valence-electron chi connectivity index (χ0n) is 20.5. The molecule has 6 rings (SSSR count). The summed E-state index contributed by atoms with van der Waals surface area (Å²) in [6, 6.07) is 23.8. The number of methoxy groups -OCH3 is 1. The van der Waals surface area contributed by atoms with Gasteiger partial charge in [0.25, 0.3) is 5.91 Å². The third-order valence-electron chi connectivity index (χ3n) is 6.35. The Hall–Kier alpha value is -4.53. The van der Waals surface area contributed by atoms with E-state index in [-0.39, 0.29) is 11.3 Å². The zero-order valence-corrected chi connectivity index (χ0v) is 22.0. The summed E-state index contributed by atoms with van der Waals surface area (Å²) in [5.41, 5.74) is 0.760. The van der Waals surface area contributed by atoms with E-state index < -0.39 is 23.5 Å². The molecule has 39 heavy (non-hydrogen) atoms. The number of benzene rings is 3. The standard InChI is InChI=1S/C30H20ClNO6S/c1-36-23-16-18(31)14-17-15-22(38-29(17)23)27(33)25-26(24-8-5-13-39-24)32(30(35)28(25)34)19-9-11-21(12-10-19)37-20-6-3-2-4-7-20/h2-16,26,34H,1H3. The molecule has 0 bridgehead atoms. The lowest BCUT2D eigenvalue weighted by molar-refractivity contribution is -0.117. The number of halogens is 1. The monoisotopic (exact) mass is 557 g/mol. The Morgan fingerprint density at radius 1 is 1.00 bits per heavy atom. The Balaban J connectivity index is 1.38. The number of anilines is 1. The number of carbonyl (C=O) groups is 2. The van der Waals surface area contributed by atoms with Crippen LogP contribution in [0.3, 0.4) is 0 Å². The predicted molar refractivity (Wildman–Crippen MR) is 149 cm³/mol. The number of hydrogen-bond donors (Lipinski definition) is 1. The van der Waals surface area contributed by atoms with Crippen LogP contribution in [-0.4, -0.2) is 23.9 Å². The molecule has 3 aromatic carbocycles. The Labute approximate surface area is 232 Å². The van der Waals surface area contributed by atoms with Crippen LogP contribution in [-0.2, 0) is 4.79 Å². The second-order valence-corrected chi connectivity index (χ2v) is 10.1. The molecule has 3 heterocycles. The summed E-state index contributed by atoms with van der Waals surface area (Å²) in [7, 11) is 1.47. The van der Waals surface area contributed by atoms with Crippen molar-refractivity contribution in [3.63, 3.8) is 0 Å². The molecule has 1 unspecified atom stereocenters. The van der Waals surface area contributed by atoms with Gasteiger partial charge in [0.05, 0.1) is 12.7 Å². The van der Waals surface area contributed by atoms with Crippen LogP contribution in [0.4, 0.5) is 5.69 Å². The first-order chi connectivity index (χ1) is 18.9. The van der Waals surface area contributed by atoms with Crippen molar-refractivity contribution in [1.82, 2.24) is 0 Å².